The molecule has 0 aliphatic heterocycles. The van der Waals surface area contributed by atoms with Crippen molar-refractivity contribution in [2.45, 2.75) is 25.5 Å². The SMILES string of the molecule is CC(C)n1cnc2cc(C(=O)Nc3ccc(OC(F)(F)Cl)cc3)cc(-c3[nH]ncc3F)c21. The zero-order chi connectivity index (χ0) is 23.0. The number of ether oxygens (including phenoxy) is 1. The topological polar surface area (TPSA) is 84.8 Å². The van der Waals surface area contributed by atoms with Crippen LogP contribution in [-0.2, 0) is 0 Å². The zero-order valence-corrected chi connectivity index (χ0v) is 17.6. The van der Waals surface area contributed by atoms with Gasteiger partial charge in [-0.15, -0.1) is 8.78 Å². The minimum atomic E-state index is -3.84. The molecule has 32 heavy (non-hydrogen) atoms. The average molecular weight is 464 g/mol. The Balaban J connectivity index is 1.69. The molecule has 0 saturated heterocycles. The molecule has 1 amide bonds. The molecule has 0 radical (unpaired) electrons. The molecule has 4 aromatic rings. The number of carbonyl (C=O) groups excluding carboxylic acids is 1. The number of hydrogen-bond donors (Lipinski definition) is 2. The van der Waals surface area contributed by atoms with E-state index in [0.717, 1.165) is 6.20 Å². The second-order valence-corrected chi connectivity index (χ2v) is 7.70. The van der Waals surface area contributed by atoms with E-state index < -0.39 is 17.3 Å². The number of nitrogens with one attached hydrogen (secondary N) is 2. The van der Waals surface area contributed by atoms with Crippen LogP contribution in [0.15, 0.2) is 48.9 Å². The maximum Gasteiger partial charge on any atom is 0.487 e. The van der Waals surface area contributed by atoms with Gasteiger partial charge in [0.2, 0.25) is 0 Å². The van der Waals surface area contributed by atoms with E-state index in [9.17, 15) is 18.0 Å². The third-order valence-electron chi connectivity index (χ3n) is 4.70. The van der Waals surface area contributed by atoms with E-state index in [2.05, 4.69) is 25.2 Å². The van der Waals surface area contributed by atoms with E-state index in [1.54, 1.807) is 18.5 Å². The number of alkyl halides is 3. The molecule has 2 aromatic carbocycles. The lowest BCUT2D eigenvalue weighted by Crippen LogP contribution is -2.16. The third kappa shape index (κ3) is 4.40. The highest BCUT2D eigenvalue weighted by atomic mass is 35.5. The molecular formula is C21H17ClF3N5O2. The van der Waals surface area contributed by atoms with Crippen LogP contribution in [0.5, 0.6) is 5.75 Å². The first kappa shape index (κ1) is 21.7. The summed E-state index contributed by atoms with van der Waals surface area (Å²) in [6.45, 7) is 3.92. The summed E-state index contributed by atoms with van der Waals surface area (Å²) in [5, 5.41) is 9.02. The van der Waals surface area contributed by atoms with Gasteiger partial charge < -0.3 is 14.6 Å². The minimum absolute atomic E-state index is 0.0468. The number of imidazole rings is 1. The maximum absolute atomic E-state index is 14.3. The number of amides is 1. The number of hydrogen-bond acceptors (Lipinski definition) is 4. The number of carbonyl (C=O) groups is 1. The van der Waals surface area contributed by atoms with E-state index in [1.165, 1.54) is 24.3 Å². The summed E-state index contributed by atoms with van der Waals surface area (Å²) in [7, 11) is 0. The molecule has 0 spiro atoms. The van der Waals surface area contributed by atoms with Crippen LogP contribution in [-0.4, -0.2) is 31.2 Å². The molecule has 0 atom stereocenters. The third-order valence-corrected chi connectivity index (χ3v) is 4.77. The minimum Gasteiger partial charge on any atom is -0.420 e. The maximum atomic E-state index is 14.3. The number of rotatable bonds is 6. The van der Waals surface area contributed by atoms with Crippen molar-refractivity contribution in [3.8, 4) is 17.0 Å². The fraction of sp³-hybridized carbons (Fsp3) is 0.190. The molecule has 2 aromatic heterocycles. The average Bonchev–Trinajstić information content (AvgIpc) is 3.33. The van der Waals surface area contributed by atoms with Crippen molar-refractivity contribution < 1.29 is 22.7 Å². The summed E-state index contributed by atoms with van der Waals surface area (Å²) in [5.74, 6) is -1.23. The van der Waals surface area contributed by atoms with E-state index in [4.69, 9.17) is 11.6 Å². The Kier molecular flexibility index (Phi) is 5.55. The van der Waals surface area contributed by atoms with Gasteiger partial charge in [0.05, 0.1) is 23.6 Å². The van der Waals surface area contributed by atoms with Gasteiger partial charge in [0.15, 0.2) is 5.82 Å². The molecule has 4 rings (SSSR count). The van der Waals surface area contributed by atoms with Crippen LogP contribution in [0.3, 0.4) is 0 Å². The standard InChI is InChI=1S/C21H17ClF3N5O2/c1-11(2)30-10-26-17-8-12(7-15(19(17)30)18-16(23)9-27-29-18)20(31)28-13-3-5-14(6-4-13)32-21(22,24)25/h3-11H,1-2H3,(H,27,29)(H,28,31). The Labute approximate surface area is 185 Å². The molecule has 0 aliphatic carbocycles. The number of H-pyrrole nitrogens is 1. The number of aromatic nitrogens is 4. The van der Waals surface area contributed by atoms with E-state index >= 15 is 0 Å². The van der Waals surface area contributed by atoms with Gasteiger partial charge in [0.25, 0.3) is 5.91 Å². The summed E-state index contributed by atoms with van der Waals surface area (Å²) in [5.41, 5.74) is -1.55. The van der Waals surface area contributed by atoms with Crippen LogP contribution < -0.4 is 10.1 Å². The summed E-state index contributed by atoms with van der Waals surface area (Å²) >= 11 is 4.74. The molecule has 11 heteroatoms. The second-order valence-electron chi connectivity index (χ2n) is 7.26. The lowest BCUT2D eigenvalue weighted by atomic mass is 10.0. The first-order valence-corrected chi connectivity index (χ1v) is 9.87. The van der Waals surface area contributed by atoms with E-state index in [0.29, 0.717) is 22.3 Å². The lowest BCUT2D eigenvalue weighted by molar-refractivity contribution is -0.0964. The summed E-state index contributed by atoms with van der Waals surface area (Å²) < 4.78 is 45.9. The molecule has 2 N–H and O–H groups in total. The van der Waals surface area contributed by atoms with E-state index in [1.807, 2.05) is 18.4 Å². The normalized spacial score (nSPS) is 11.8. The van der Waals surface area contributed by atoms with Gasteiger partial charge in [-0.05, 0) is 50.2 Å². The molecule has 0 aliphatic rings. The van der Waals surface area contributed by atoms with Crippen molar-refractivity contribution in [3.05, 3.63) is 60.3 Å². The number of halogens is 4. The van der Waals surface area contributed by atoms with Crippen molar-refractivity contribution >= 4 is 34.2 Å². The van der Waals surface area contributed by atoms with Gasteiger partial charge in [-0.25, -0.2) is 9.37 Å². The van der Waals surface area contributed by atoms with Crippen molar-refractivity contribution in [3.63, 3.8) is 0 Å². The molecule has 7 nitrogen and oxygen atoms in total. The molecule has 0 unspecified atom stereocenters. The first-order chi connectivity index (χ1) is 15.1. The van der Waals surface area contributed by atoms with Crippen LogP contribution in [0.1, 0.15) is 30.2 Å². The van der Waals surface area contributed by atoms with Gasteiger partial charge in [0.1, 0.15) is 11.4 Å². The number of aromatic amines is 1. The van der Waals surface area contributed by atoms with Gasteiger partial charge in [-0.1, -0.05) is 0 Å². The van der Waals surface area contributed by atoms with Crippen molar-refractivity contribution in [1.29, 1.82) is 0 Å². The van der Waals surface area contributed by atoms with Gasteiger partial charge in [-0.3, -0.25) is 9.89 Å². The Morgan fingerprint density at radius 1 is 1.25 bits per heavy atom. The molecular weight excluding hydrogens is 447 g/mol. The summed E-state index contributed by atoms with van der Waals surface area (Å²) in [6, 6.07) is 8.43. The Bertz CT molecular complexity index is 1280. The van der Waals surface area contributed by atoms with Gasteiger partial charge >= 0.3 is 5.57 Å². The Morgan fingerprint density at radius 3 is 2.56 bits per heavy atom. The fourth-order valence-corrected chi connectivity index (χ4v) is 3.38. The van der Waals surface area contributed by atoms with Crippen LogP contribution in [0, 0.1) is 5.82 Å². The number of anilines is 1. The fourth-order valence-electron chi connectivity index (χ4n) is 3.29. The predicted octanol–water partition coefficient (Wildman–Crippen LogP) is 5.57. The molecule has 0 saturated carbocycles. The summed E-state index contributed by atoms with van der Waals surface area (Å²) in [4.78, 5) is 17.2. The predicted molar refractivity (Wildman–Crippen MR) is 113 cm³/mol. The highest BCUT2D eigenvalue weighted by molar-refractivity contribution is 6.20. The quantitative estimate of drug-likeness (QED) is 0.366. The van der Waals surface area contributed by atoms with Gasteiger partial charge in [0, 0.05) is 34.5 Å². The number of nitrogens with zero attached hydrogens (tertiary/aromatic N) is 3. The first-order valence-electron chi connectivity index (χ1n) is 9.49. The molecule has 2 heterocycles. The highest BCUT2D eigenvalue weighted by Crippen LogP contribution is 2.32. The molecule has 166 valence electrons. The van der Waals surface area contributed by atoms with Crippen LogP contribution in [0.4, 0.5) is 18.9 Å². The van der Waals surface area contributed by atoms with Crippen LogP contribution >= 0.6 is 11.6 Å². The monoisotopic (exact) mass is 463 g/mol. The Hall–Kier alpha value is -3.53. The lowest BCUT2D eigenvalue weighted by Gasteiger charge is -2.13. The zero-order valence-electron chi connectivity index (χ0n) is 16.9. The van der Waals surface area contributed by atoms with Crippen LogP contribution in [0.25, 0.3) is 22.3 Å². The molecule has 0 bridgehead atoms. The summed E-state index contributed by atoms with van der Waals surface area (Å²) in [6.07, 6.45) is 2.68. The Morgan fingerprint density at radius 2 is 1.97 bits per heavy atom. The van der Waals surface area contributed by atoms with Crippen molar-refractivity contribution in [2.24, 2.45) is 0 Å². The van der Waals surface area contributed by atoms with Gasteiger partial charge in [-0.2, -0.15) is 5.10 Å². The number of fused-ring (bicyclic) bond motifs is 1. The van der Waals surface area contributed by atoms with Crippen molar-refractivity contribution in [1.82, 2.24) is 19.7 Å². The largest absolute Gasteiger partial charge is 0.487 e. The second kappa shape index (κ2) is 8.19. The van der Waals surface area contributed by atoms with Crippen LogP contribution in [0.2, 0.25) is 0 Å². The number of benzene rings is 2. The van der Waals surface area contributed by atoms with Crippen molar-refractivity contribution in [2.75, 3.05) is 5.32 Å². The highest BCUT2D eigenvalue weighted by Gasteiger charge is 2.27. The van der Waals surface area contributed by atoms with E-state index in [-0.39, 0.29) is 23.0 Å². The smallest absolute Gasteiger partial charge is 0.420 e. The molecule has 0 fully saturated rings.